The molecule has 9 heteroatoms. The molecule has 2 heterocycles. The topological polar surface area (TPSA) is 68.7 Å². The van der Waals surface area contributed by atoms with Gasteiger partial charge in [-0.25, -0.2) is 19.8 Å². The number of rotatable bonds is 3. The van der Waals surface area contributed by atoms with Crippen LogP contribution < -0.4 is 9.91 Å². The van der Waals surface area contributed by atoms with Gasteiger partial charge in [-0.1, -0.05) is 23.7 Å². The summed E-state index contributed by atoms with van der Waals surface area (Å²) in [5.41, 5.74) is 1.98. The molecule has 0 radical (unpaired) electrons. The molecule has 0 aromatic heterocycles. The number of para-hydroxylation sites is 1. The molecule has 0 saturated carbocycles. The van der Waals surface area contributed by atoms with Crippen LogP contribution in [0, 0.1) is 0 Å². The van der Waals surface area contributed by atoms with Gasteiger partial charge in [0.05, 0.1) is 23.5 Å². The SMILES string of the molecule is CCOC(=O)C1=NN(c2ccc(Cl)cc2)[C@@H]2N(C)c3ccccc3C(=O)N(C)N12. The molecular formula is C20H20ClN5O3. The van der Waals surface area contributed by atoms with Crippen LogP contribution in [-0.4, -0.2) is 54.7 Å². The van der Waals surface area contributed by atoms with Crippen LogP contribution >= 0.6 is 11.6 Å². The van der Waals surface area contributed by atoms with E-state index < -0.39 is 12.3 Å². The second-order valence-electron chi connectivity index (χ2n) is 6.61. The van der Waals surface area contributed by atoms with Gasteiger partial charge in [-0.3, -0.25) is 4.79 Å². The van der Waals surface area contributed by atoms with E-state index in [-0.39, 0.29) is 18.3 Å². The Morgan fingerprint density at radius 1 is 1.14 bits per heavy atom. The van der Waals surface area contributed by atoms with Crippen molar-refractivity contribution in [2.75, 3.05) is 30.6 Å². The Hall–Kier alpha value is -3.26. The smallest absolute Gasteiger partial charge is 0.377 e. The number of ether oxygens (including phenoxy) is 1. The minimum Gasteiger partial charge on any atom is -0.460 e. The van der Waals surface area contributed by atoms with E-state index in [0.717, 1.165) is 11.4 Å². The predicted molar refractivity (Wildman–Crippen MR) is 111 cm³/mol. The lowest BCUT2D eigenvalue weighted by atomic mass is 10.1. The summed E-state index contributed by atoms with van der Waals surface area (Å²) in [7, 11) is 3.47. The van der Waals surface area contributed by atoms with Crippen molar-refractivity contribution in [3.8, 4) is 0 Å². The van der Waals surface area contributed by atoms with Crippen LogP contribution in [0.2, 0.25) is 5.02 Å². The summed E-state index contributed by atoms with van der Waals surface area (Å²) in [4.78, 5) is 27.7. The molecule has 0 saturated heterocycles. The van der Waals surface area contributed by atoms with Gasteiger partial charge in [-0.05, 0) is 43.3 Å². The van der Waals surface area contributed by atoms with Gasteiger partial charge in [-0.15, -0.1) is 5.10 Å². The standard InChI is InChI=1S/C20H20ClN5O3/c1-4-29-19(28)17-22-25(14-11-9-13(21)10-12-14)20-23(2)16-8-6-5-7-15(16)18(27)24(3)26(17)20/h5-12,20H,4H2,1-3H3/t20-/m0/s1. The normalized spacial score (nSPS) is 18.3. The molecule has 150 valence electrons. The Morgan fingerprint density at radius 3 is 2.52 bits per heavy atom. The summed E-state index contributed by atoms with van der Waals surface area (Å²) in [6.07, 6.45) is -0.590. The quantitative estimate of drug-likeness (QED) is 0.721. The zero-order chi connectivity index (χ0) is 20.7. The van der Waals surface area contributed by atoms with Gasteiger partial charge in [0.2, 0.25) is 6.29 Å². The van der Waals surface area contributed by atoms with Crippen molar-refractivity contribution in [3.63, 3.8) is 0 Å². The van der Waals surface area contributed by atoms with Crippen LogP contribution in [0.4, 0.5) is 11.4 Å². The molecule has 29 heavy (non-hydrogen) atoms. The van der Waals surface area contributed by atoms with E-state index in [1.54, 1.807) is 42.2 Å². The first kappa shape index (κ1) is 19.1. The average Bonchev–Trinajstić information content (AvgIpc) is 3.10. The molecule has 0 aliphatic carbocycles. The van der Waals surface area contributed by atoms with E-state index >= 15 is 0 Å². The van der Waals surface area contributed by atoms with Gasteiger partial charge in [-0.2, -0.15) is 0 Å². The molecule has 0 unspecified atom stereocenters. The van der Waals surface area contributed by atoms with Crippen LogP contribution in [-0.2, 0) is 9.53 Å². The van der Waals surface area contributed by atoms with Crippen LogP contribution in [0.1, 0.15) is 17.3 Å². The van der Waals surface area contributed by atoms with E-state index in [2.05, 4.69) is 5.10 Å². The molecule has 2 aliphatic heterocycles. The highest BCUT2D eigenvalue weighted by Gasteiger charge is 2.48. The Labute approximate surface area is 173 Å². The van der Waals surface area contributed by atoms with Gasteiger partial charge in [0.25, 0.3) is 11.7 Å². The Morgan fingerprint density at radius 2 is 1.83 bits per heavy atom. The predicted octanol–water partition coefficient (Wildman–Crippen LogP) is 2.76. The van der Waals surface area contributed by atoms with Crippen molar-refractivity contribution >= 4 is 40.7 Å². The number of anilines is 2. The van der Waals surface area contributed by atoms with Crippen LogP contribution in [0.25, 0.3) is 0 Å². The molecule has 0 N–H and O–H groups in total. The molecule has 4 rings (SSSR count). The molecule has 0 fully saturated rings. The molecule has 2 aromatic rings. The fourth-order valence-electron chi connectivity index (χ4n) is 3.51. The maximum atomic E-state index is 13.2. The number of amides is 1. The maximum Gasteiger partial charge on any atom is 0.377 e. The van der Waals surface area contributed by atoms with Crippen LogP contribution in [0.15, 0.2) is 53.6 Å². The minimum atomic E-state index is -0.604. The van der Waals surface area contributed by atoms with Crippen molar-refractivity contribution in [2.45, 2.75) is 13.2 Å². The third kappa shape index (κ3) is 3.05. The number of esters is 1. The maximum absolute atomic E-state index is 13.2. The lowest BCUT2D eigenvalue weighted by Crippen LogP contribution is -2.59. The summed E-state index contributed by atoms with van der Waals surface area (Å²) in [5.74, 6) is -0.819. The summed E-state index contributed by atoms with van der Waals surface area (Å²) in [5, 5.41) is 9.74. The number of amidine groups is 1. The Balaban J connectivity index is 1.88. The first-order valence-electron chi connectivity index (χ1n) is 9.13. The molecule has 2 aromatic carbocycles. The van der Waals surface area contributed by atoms with Crippen molar-refractivity contribution < 1.29 is 14.3 Å². The summed E-state index contributed by atoms with van der Waals surface area (Å²) < 4.78 is 5.20. The summed E-state index contributed by atoms with van der Waals surface area (Å²) in [6.45, 7) is 1.92. The van der Waals surface area contributed by atoms with Gasteiger partial charge in [0.1, 0.15) is 0 Å². The fraction of sp³-hybridized carbons (Fsp3) is 0.250. The first-order valence-corrected chi connectivity index (χ1v) is 9.51. The number of hydrogen-bond donors (Lipinski definition) is 0. The zero-order valence-corrected chi connectivity index (χ0v) is 17.0. The Kier molecular flexibility index (Phi) is 4.79. The summed E-state index contributed by atoms with van der Waals surface area (Å²) in [6, 6.07) is 14.4. The number of halogens is 1. The monoisotopic (exact) mass is 413 g/mol. The zero-order valence-electron chi connectivity index (χ0n) is 16.2. The van der Waals surface area contributed by atoms with Crippen molar-refractivity contribution in [2.24, 2.45) is 5.10 Å². The minimum absolute atomic E-state index is 0.0299. The molecule has 0 bridgehead atoms. The third-order valence-electron chi connectivity index (χ3n) is 4.88. The van der Waals surface area contributed by atoms with E-state index in [1.165, 1.54) is 5.01 Å². The van der Waals surface area contributed by atoms with E-state index in [1.807, 2.05) is 42.3 Å². The lowest BCUT2D eigenvalue weighted by molar-refractivity contribution is -0.136. The molecular weight excluding hydrogens is 394 g/mol. The van der Waals surface area contributed by atoms with E-state index in [9.17, 15) is 9.59 Å². The fourth-order valence-corrected chi connectivity index (χ4v) is 3.64. The average molecular weight is 414 g/mol. The van der Waals surface area contributed by atoms with Crippen molar-refractivity contribution in [1.82, 2.24) is 10.0 Å². The second kappa shape index (κ2) is 7.29. The number of hydrazone groups is 1. The number of hydrogen-bond acceptors (Lipinski definition) is 7. The number of fused-ring (bicyclic) bond motifs is 2. The molecule has 0 spiro atoms. The van der Waals surface area contributed by atoms with Gasteiger partial charge >= 0.3 is 5.97 Å². The molecule has 2 aliphatic rings. The Bertz CT molecular complexity index is 994. The molecule has 8 nitrogen and oxygen atoms in total. The van der Waals surface area contributed by atoms with Crippen LogP contribution in [0.3, 0.4) is 0 Å². The van der Waals surface area contributed by atoms with Crippen molar-refractivity contribution in [3.05, 3.63) is 59.1 Å². The largest absolute Gasteiger partial charge is 0.460 e. The highest BCUT2D eigenvalue weighted by molar-refractivity contribution is 6.36. The van der Waals surface area contributed by atoms with E-state index in [0.29, 0.717) is 10.6 Å². The number of nitrogens with zero attached hydrogens (tertiary/aromatic N) is 5. The number of carbonyl (C=O) groups excluding carboxylic acids is 2. The lowest BCUT2D eigenvalue weighted by Gasteiger charge is -2.39. The molecule has 1 atom stereocenters. The molecule has 1 amide bonds. The van der Waals surface area contributed by atoms with Gasteiger partial charge < -0.3 is 9.64 Å². The first-order chi connectivity index (χ1) is 13.9. The second-order valence-corrected chi connectivity index (χ2v) is 7.05. The third-order valence-corrected chi connectivity index (χ3v) is 5.14. The highest BCUT2D eigenvalue weighted by atomic mass is 35.5. The number of carbonyl (C=O) groups is 2. The van der Waals surface area contributed by atoms with Crippen LogP contribution in [0.5, 0.6) is 0 Å². The number of benzene rings is 2. The number of hydrazine groups is 1. The van der Waals surface area contributed by atoms with E-state index in [4.69, 9.17) is 16.3 Å². The van der Waals surface area contributed by atoms with Crippen molar-refractivity contribution in [1.29, 1.82) is 0 Å². The highest BCUT2D eigenvalue weighted by Crippen LogP contribution is 2.35. The summed E-state index contributed by atoms with van der Waals surface area (Å²) >= 11 is 6.04. The van der Waals surface area contributed by atoms with Gasteiger partial charge in [0.15, 0.2) is 0 Å². The van der Waals surface area contributed by atoms with Gasteiger partial charge in [0, 0.05) is 19.1 Å².